The van der Waals surface area contributed by atoms with E-state index in [2.05, 4.69) is 0 Å². The Morgan fingerprint density at radius 3 is 2.36 bits per heavy atom. The molecule has 2 nitrogen and oxygen atoms in total. The second kappa shape index (κ2) is 4.91. The smallest absolute Gasteiger partial charge is 0.166 e. The van der Waals surface area contributed by atoms with Crippen molar-refractivity contribution in [2.24, 2.45) is 5.92 Å². The van der Waals surface area contributed by atoms with Gasteiger partial charge in [0.2, 0.25) is 0 Å². The average molecular weight is 191 g/mol. The summed E-state index contributed by atoms with van der Waals surface area (Å²) in [6, 6.07) is 9.46. The molecule has 1 atom stereocenters. The summed E-state index contributed by atoms with van der Waals surface area (Å²) in [5, 5.41) is 0. The van der Waals surface area contributed by atoms with E-state index in [0.29, 0.717) is 0 Å². The third-order valence-corrected chi connectivity index (χ3v) is 2.14. The summed E-state index contributed by atoms with van der Waals surface area (Å²) in [5.74, 6) is 0.284. The average Bonchev–Trinajstić information content (AvgIpc) is 2.17. The molecule has 14 heavy (non-hydrogen) atoms. The lowest BCUT2D eigenvalue weighted by molar-refractivity contribution is 0.0910. The minimum Gasteiger partial charge on any atom is -0.309 e. The number of rotatable bonds is 4. The molecule has 0 spiro atoms. The van der Waals surface area contributed by atoms with Crippen molar-refractivity contribution in [2.45, 2.75) is 6.92 Å². The zero-order valence-electron chi connectivity index (χ0n) is 9.03. The first-order chi connectivity index (χ1) is 6.61. The molecule has 76 valence electrons. The van der Waals surface area contributed by atoms with Crippen molar-refractivity contribution < 1.29 is 4.79 Å². The van der Waals surface area contributed by atoms with Gasteiger partial charge in [-0.05, 0) is 14.1 Å². The Kier molecular flexibility index (Phi) is 3.84. The topological polar surface area (TPSA) is 20.3 Å². The zero-order chi connectivity index (χ0) is 10.6. The van der Waals surface area contributed by atoms with Crippen LogP contribution in [0.3, 0.4) is 0 Å². The number of nitrogens with zero attached hydrogens (tertiary/aromatic N) is 1. The molecule has 1 unspecified atom stereocenters. The van der Waals surface area contributed by atoms with Gasteiger partial charge in [-0.3, -0.25) is 4.79 Å². The van der Waals surface area contributed by atoms with E-state index in [1.807, 2.05) is 56.3 Å². The van der Waals surface area contributed by atoms with Gasteiger partial charge in [-0.1, -0.05) is 37.3 Å². The molecule has 0 amide bonds. The van der Waals surface area contributed by atoms with Gasteiger partial charge in [0, 0.05) is 18.0 Å². The number of hydrogen-bond acceptors (Lipinski definition) is 2. The highest BCUT2D eigenvalue weighted by Crippen LogP contribution is 2.08. The van der Waals surface area contributed by atoms with E-state index in [4.69, 9.17) is 0 Å². The standard InChI is InChI=1S/C12H17NO/c1-10(9-13(2)3)12(14)11-7-5-4-6-8-11/h4-8,10H,9H2,1-3H3. The number of Topliss-reactive ketones (excluding diaryl/α,β-unsaturated/α-hetero) is 1. The van der Waals surface area contributed by atoms with E-state index < -0.39 is 0 Å². The summed E-state index contributed by atoms with van der Waals surface area (Å²) >= 11 is 0. The van der Waals surface area contributed by atoms with Gasteiger partial charge in [0.25, 0.3) is 0 Å². The van der Waals surface area contributed by atoms with E-state index in [1.54, 1.807) is 0 Å². The lowest BCUT2D eigenvalue weighted by atomic mass is 9.99. The van der Waals surface area contributed by atoms with Gasteiger partial charge in [-0.15, -0.1) is 0 Å². The highest BCUT2D eigenvalue weighted by Gasteiger charge is 2.14. The minimum atomic E-state index is 0.0624. The Hall–Kier alpha value is -1.15. The van der Waals surface area contributed by atoms with Crippen LogP contribution in [-0.2, 0) is 0 Å². The monoisotopic (exact) mass is 191 g/mol. The summed E-state index contributed by atoms with van der Waals surface area (Å²) < 4.78 is 0. The second-order valence-electron chi connectivity index (χ2n) is 3.89. The van der Waals surface area contributed by atoms with E-state index in [9.17, 15) is 4.79 Å². The molecule has 0 saturated heterocycles. The molecule has 0 saturated carbocycles. The van der Waals surface area contributed by atoms with Crippen LogP contribution in [0.4, 0.5) is 0 Å². The maximum atomic E-state index is 11.9. The molecule has 0 radical (unpaired) electrons. The van der Waals surface area contributed by atoms with Crippen LogP contribution in [0.1, 0.15) is 17.3 Å². The van der Waals surface area contributed by atoms with E-state index >= 15 is 0 Å². The maximum absolute atomic E-state index is 11.9. The van der Waals surface area contributed by atoms with E-state index in [1.165, 1.54) is 0 Å². The molecule has 0 N–H and O–H groups in total. The van der Waals surface area contributed by atoms with Crippen molar-refractivity contribution in [3.63, 3.8) is 0 Å². The second-order valence-corrected chi connectivity index (χ2v) is 3.89. The van der Waals surface area contributed by atoms with Crippen LogP contribution in [0.2, 0.25) is 0 Å². The number of benzene rings is 1. The van der Waals surface area contributed by atoms with Gasteiger partial charge in [-0.25, -0.2) is 0 Å². The van der Waals surface area contributed by atoms with Crippen LogP contribution in [0.5, 0.6) is 0 Å². The number of carbonyl (C=O) groups is 1. The first-order valence-corrected chi connectivity index (χ1v) is 4.85. The van der Waals surface area contributed by atoms with Gasteiger partial charge in [0.1, 0.15) is 0 Å². The number of carbonyl (C=O) groups excluding carboxylic acids is 1. The summed E-state index contributed by atoms with van der Waals surface area (Å²) in [6.45, 7) is 2.77. The molecule has 0 aromatic heterocycles. The van der Waals surface area contributed by atoms with Gasteiger partial charge in [0.15, 0.2) is 5.78 Å². The summed E-state index contributed by atoms with van der Waals surface area (Å²) in [5.41, 5.74) is 0.807. The first-order valence-electron chi connectivity index (χ1n) is 4.85. The molecule has 1 aromatic rings. The first kappa shape index (κ1) is 10.9. The lowest BCUT2D eigenvalue weighted by Crippen LogP contribution is -2.25. The molecule has 1 aromatic carbocycles. The summed E-state index contributed by atoms with van der Waals surface area (Å²) in [7, 11) is 3.96. The van der Waals surface area contributed by atoms with Crippen LogP contribution in [0, 0.1) is 5.92 Å². The van der Waals surface area contributed by atoms with Crippen molar-refractivity contribution in [3.8, 4) is 0 Å². The number of hydrogen-bond donors (Lipinski definition) is 0. The molecular formula is C12H17NO. The normalized spacial score (nSPS) is 12.9. The van der Waals surface area contributed by atoms with Gasteiger partial charge in [0.05, 0.1) is 0 Å². The fourth-order valence-electron chi connectivity index (χ4n) is 1.52. The summed E-state index contributed by atoms with van der Waals surface area (Å²) in [4.78, 5) is 13.9. The van der Waals surface area contributed by atoms with Crippen molar-refractivity contribution in [1.29, 1.82) is 0 Å². The SMILES string of the molecule is CC(CN(C)C)C(=O)c1ccccc1. The highest BCUT2D eigenvalue weighted by atomic mass is 16.1. The molecule has 0 fully saturated rings. The molecule has 0 bridgehead atoms. The Bertz CT molecular complexity index is 292. The van der Waals surface area contributed by atoms with Gasteiger partial charge >= 0.3 is 0 Å². The number of ketones is 1. The Labute approximate surface area is 85.5 Å². The molecular weight excluding hydrogens is 174 g/mol. The third kappa shape index (κ3) is 2.96. The molecule has 0 heterocycles. The maximum Gasteiger partial charge on any atom is 0.166 e. The van der Waals surface area contributed by atoms with Crippen LogP contribution >= 0.6 is 0 Å². The fourth-order valence-corrected chi connectivity index (χ4v) is 1.52. The molecule has 0 aliphatic heterocycles. The van der Waals surface area contributed by atoms with E-state index in [-0.39, 0.29) is 11.7 Å². The van der Waals surface area contributed by atoms with Crippen molar-refractivity contribution in [2.75, 3.05) is 20.6 Å². The minimum absolute atomic E-state index is 0.0624. The zero-order valence-corrected chi connectivity index (χ0v) is 9.03. The predicted molar refractivity (Wildman–Crippen MR) is 58.5 cm³/mol. The van der Waals surface area contributed by atoms with Gasteiger partial charge < -0.3 is 4.90 Å². The molecule has 1 rings (SSSR count). The largest absolute Gasteiger partial charge is 0.309 e. The fraction of sp³-hybridized carbons (Fsp3) is 0.417. The Balaban J connectivity index is 2.66. The molecule has 0 aliphatic rings. The van der Waals surface area contributed by atoms with Crippen LogP contribution in [-0.4, -0.2) is 31.3 Å². The molecule has 2 heteroatoms. The third-order valence-electron chi connectivity index (χ3n) is 2.14. The van der Waals surface area contributed by atoms with Crippen LogP contribution < -0.4 is 0 Å². The predicted octanol–water partition coefficient (Wildman–Crippen LogP) is 2.07. The van der Waals surface area contributed by atoms with Crippen LogP contribution in [0.15, 0.2) is 30.3 Å². The Morgan fingerprint density at radius 2 is 1.86 bits per heavy atom. The highest BCUT2D eigenvalue weighted by molar-refractivity contribution is 5.97. The molecule has 0 aliphatic carbocycles. The lowest BCUT2D eigenvalue weighted by Gasteiger charge is -2.15. The van der Waals surface area contributed by atoms with Crippen LogP contribution in [0.25, 0.3) is 0 Å². The summed E-state index contributed by atoms with van der Waals surface area (Å²) in [6.07, 6.45) is 0. The quantitative estimate of drug-likeness (QED) is 0.679. The Morgan fingerprint density at radius 1 is 1.29 bits per heavy atom. The van der Waals surface area contributed by atoms with E-state index in [0.717, 1.165) is 12.1 Å². The van der Waals surface area contributed by atoms with Crippen molar-refractivity contribution >= 4 is 5.78 Å². The van der Waals surface area contributed by atoms with Crippen molar-refractivity contribution in [1.82, 2.24) is 4.90 Å². The van der Waals surface area contributed by atoms with Crippen molar-refractivity contribution in [3.05, 3.63) is 35.9 Å². The van der Waals surface area contributed by atoms with Gasteiger partial charge in [-0.2, -0.15) is 0 Å².